The van der Waals surface area contributed by atoms with Crippen LogP contribution in [0.4, 0.5) is 11.4 Å². The smallest absolute Gasteiger partial charge is 0.748 e. The van der Waals surface area contributed by atoms with Crippen molar-refractivity contribution in [1.29, 1.82) is 0 Å². The molecule has 0 atom stereocenters. The molecule has 0 saturated carbocycles. The Labute approximate surface area is 124 Å². The van der Waals surface area contributed by atoms with Gasteiger partial charge in [0.15, 0.2) is 0 Å². The molecule has 90 valence electrons. The van der Waals surface area contributed by atoms with Crippen LogP contribution < -0.4 is 39.8 Å². The number of nitrogens with zero attached hydrogens (tertiary/aromatic N) is 1. The molecule has 0 bridgehead atoms. The molecule has 0 radical (unpaired) electrons. The second-order valence-corrected chi connectivity index (χ2v) is 5.00. The zero-order chi connectivity index (χ0) is 12.2. The van der Waals surface area contributed by atoms with Gasteiger partial charge in [-0.2, -0.15) is 0 Å². The third-order valence-electron chi connectivity index (χ3n) is 2.27. The van der Waals surface area contributed by atoms with Gasteiger partial charge in [-0.05, 0) is 24.3 Å². The van der Waals surface area contributed by atoms with Gasteiger partial charge in [0.05, 0.1) is 15.9 Å². The largest absolute Gasteiger partial charge is 1.00 e. The Bertz CT molecular complexity index is 433. The first-order chi connectivity index (χ1) is 7.42. The van der Waals surface area contributed by atoms with Crippen molar-refractivity contribution in [2.24, 2.45) is 0 Å². The third-order valence-corrected chi connectivity index (χ3v) is 2.96. The third kappa shape index (κ3) is 6.28. The van der Waals surface area contributed by atoms with E-state index < -0.39 is 10.1 Å². The fourth-order valence-electron chi connectivity index (χ4n) is 1.26. The zero-order valence-corrected chi connectivity index (χ0v) is 13.1. The van der Waals surface area contributed by atoms with E-state index in [4.69, 9.17) is 0 Å². The van der Waals surface area contributed by atoms with Gasteiger partial charge in [0, 0.05) is 32.0 Å². The molecule has 0 saturated heterocycles. The van der Waals surface area contributed by atoms with Crippen LogP contribution in [0.1, 0.15) is 0 Å². The summed E-state index contributed by atoms with van der Waals surface area (Å²) in [6.07, 6.45) is 0. The summed E-state index contributed by atoms with van der Waals surface area (Å²) in [5, 5.41) is 2.98. The molecule has 1 aromatic carbocycles. The van der Waals surface area contributed by atoms with E-state index in [9.17, 15) is 13.0 Å². The van der Waals surface area contributed by atoms with E-state index >= 15 is 0 Å². The van der Waals surface area contributed by atoms with Crippen molar-refractivity contribution in [2.75, 3.05) is 36.6 Å². The van der Waals surface area contributed by atoms with Crippen LogP contribution in [0.3, 0.4) is 0 Å². The standard InChI is InChI=1S/C10H16N2O3S.Na/c1-11-9-3-5-10(6-4-9)12(2)7-8-16(13,14)15;/h3-6,11H,7-8H2,1-2H3,(H,13,14,15);/q;+1/p-1. The molecule has 5 nitrogen and oxygen atoms in total. The number of rotatable bonds is 5. The quantitative estimate of drug-likeness (QED) is 0.480. The van der Waals surface area contributed by atoms with Crippen LogP contribution in [0, 0.1) is 0 Å². The predicted octanol–water partition coefficient (Wildman–Crippen LogP) is -2.29. The van der Waals surface area contributed by atoms with Crippen LogP contribution >= 0.6 is 0 Å². The van der Waals surface area contributed by atoms with Gasteiger partial charge in [-0.1, -0.05) is 0 Å². The summed E-state index contributed by atoms with van der Waals surface area (Å²) in [4.78, 5) is 1.73. The van der Waals surface area contributed by atoms with E-state index in [1.807, 2.05) is 31.3 Å². The monoisotopic (exact) mass is 266 g/mol. The minimum atomic E-state index is -4.14. The van der Waals surface area contributed by atoms with Crippen molar-refractivity contribution in [3.05, 3.63) is 24.3 Å². The summed E-state index contributed by atoms with van der Waals surface area (Å²) in [7, 11) is -0.572. The molecule has 0 aliphatic carbocycles. The van der Waals surface area contributed by atoms with Gasteiger partial charge in [-0.25, -0.2) is 8.42 Å². The second kappa shape index (κ2) is 7.23. The maximum Gasteiger partial charge on any atom is 1.00 e. The molecule has 0 aliphatic heterocycles. The molecule has 0 spiro atoms. The average Bonchev–Trinajstić information content (AvgIpc) is 2.25. The van der Waals surface area contributed by atoms with Crippen LogP contribution in [0.15, 0.2) is 24.3 Å². The van der Waals surface area contributed by atoms with Crippen molar-refractivity contribution in [3.8, 4) is 0 Å². The number of hydrogen-bond acceptors (Lipinski definition) is 5. The van der Waals surface area contributed by atoms with E-state index in [2.05, 4.69) is 5.32 Å². The van der Waals surface area contributed by atoms with Crippen LogP contribution in [-0.4, -0.2) is 39.4 Å². The van der Waals surface area contributed by atoms with E-state index in [-0.39, 0.29) is 41.9 Å². The summed E-state index contributed by atoms with van der Waals surface area (Å²) in [5.74, 6) is -0.378. The van der Waals surface area contributed by atoms with Crippen LogP contribution in [-0.2, 0) is 10.1 Å². The molecule has 0 aliphatic rings. The molecule has 0 amide bonds. The number of anilines is 2. The van der Waals surface area contributed by atoms with Gasteiger partial charge in [0.1, 0.15) is 0 Å². The molecule has 1 rings (SSSR count). The second-order valence-electron chi connectivity index (χ2n) is 3.48. The van der Waals surface area contributed by atoms with E-state index in [1.54, 1.807) is 11.9 Å². The van der Waals surface area contributed by atoms with Crippen molar-refractivity contribution in [2.45, 2.75) is 0 Å². The molecule has 1 aromatic rings. The van der Waals surface area contributed by atoms with Crippen LogP contribution in [0.5, 0.6) is 0 Å². The van der Waals surface area contributed by atoms with E-state index in [0.29, 0.717) is 0 Å². The predicted molar refractivity (Wildman–Crippen MR) is 63.8 cm³/mol. The molecule has 0 heterocycles. The minimum Gasteiger partial charge on any atom is -0.748 e. The first-order valence-corrected chi connectivity index (χ1v) is 6.42. The Morgan fingerprint density at radius 3 is 2.24 bits per heavy atom. The Kier molecular flexibility index (Phi) is 7.11. The summed E-state index contributed by atoms with van der Waals surface area (Å²) < 4.78 is 31.4. The Hall–Kier alpha value is -0.270. The summed E-state index contributed by atoms with van der Waals surface area (Å²) in [6, 6.07) is 7.50. The molecular weight excluding hydrogens is 251 g/mol. The van der Waals surface area contributed by atoms with Crippen molar-refractivity contribution >= 4 is 21.5 Å². The fraction of sp³-hybridized carbons (Fsp3) is 0.400. The van der Waals surface area contributed by atoms with Gasteiger partial charge < -0.3 is 14.8 Å². The normalized spacial score (nSPS) is 10.5. The first-order valence-electron chi connectivity index (χ1n) is 4.85. The van der Waals surface area contributed by atoms with Crippen LogP contribution in [0.2, 0.25) is 0 Å². The van der Waals surface area contributed by atoms with Crippen molar-refractivity contribution in [3.63, 3.8) is 0 Å². The minimum absolute atomic E-state index is 0. The number of hydrogen-bond donors (Lipinski definition) is 1. The average molecular weight is 266 g/mol. The molecule has 0 unspecified atom stereocenters. The van der Waals surface area contributed by atoms with Gasteiger partial charge in [-0.15, -0.1) is 0 Å². The molecule has 7 heteroatoms. The van der Waals surface area contributed by atoms with Crippen LogP contribution in [0.25, 0.3) is 0 Å². The van der Waals surface area contributed by atoms with Gasteiger partial charge in [0.25, 0.3) is 0 Å². The van der Waals surface area contributed by atoms with E-state index in [0.717, 1.165) is 11.4 Å². The van der Waals surface area contributed by atoms with Crippen molar-refractivity contribution < 1.29 is 42.5 Å². The number of benzene rings is 1. The van der Waals surface area contributed by atoms with E-state index in [1.165, 1.54) is 0 Å². The maximum absolute atomic E-state index is 10.5. The Morgan fingerprint density at radius 1 is 1.29 bits per heavy atom. The summed E-state index contributed by atoms with van der Waals surface area (Å²) in [6.45, 7) is 0.199. The molecule has 0 fully saturated rings. The maximum atomic E-state index is 10.5. The SMILES string of the molecule is CNc1ccc(N(C)CCS(=O)(=O)[O-])cc1.[Na+]. The summed E-state index contributed by atoms with van der Waals surface area (Å²) >= 11 is 0. The number of nitrogens with one attached hydrogen (secondary N) is 1. The summed E-state index contributed by atoms with van der Waals surface area (Å²) in [5.41, 5.74) is 1.86. The van der Waals surface area contributed by atoms with Gasteiger partial charge in [0.2, 0.25) is 0 Å². The fourth-order valence-corrected chi connectivity index (χ4v) is 1.76. The van der Waals surface area contributed by atoms with Crippen molar-refractivity contribution in [1.82, 2.24) is 0 Å². The molecule has 17 heavy (non-hydrogen) atoms. The topological polar surface area (TPSA) is 72.5 Å². The Morgan fingerprint density at radius 2 is 1.82 bits per heavy atom. The first kappa shape index (κ1) is 16.7. The van der Waals surface area contributed by atoms with Gasteiger partial charge in [-0.3, -0.25) is 0 Å². The molecular formula is C10H15N2NaO3S. The zero-order valence-electron chi connectivity index (χ0n) is 10.3. The molecule has 0 aromatic heterocycles. The molecule has 1 N–H and O–H groups in total. The Balaban J connectivity index is 0.00000256. The van der Waals surface area contributed by atoms with Gasteiger partial charge >= 0.3 is 29.6 Å².